The summed E-state index contributed by atoms with van der Waals surface area (Å²) in [5.41, 5.74) is 1.28. The number of rotatable bonds is 8. The lowest BCUT2D eigenvalue weighted by Gasteiger charge is -2.20. The van der Waals surface area contributed by atoms with Crippen LogP contribution in [-0.4, -0.2) is 26.0 Å². The summed E-state index contributed by atoms with van der Waals surface area (Å²) in [7, 11) is 0. The highest BCUT2D eigenvalue weighted by atomic mass is 16.7. The predicted octanol–water partition coefficient (Wildman–Crippen LogP) is 2.74. The first-order chi connectivity index (χ1) is 8.27. The second-order valence-corrected chi connectivity index (χ2v) is 3.88. The summed E-state index contributed by atoms with van der Waals surface area (Å²) >= 11 is 0. The maximum atomic E-state index is 5.48. The number of ether oxygens (including phenoxy) is 2. The second-order valence-electron chi connectivity index (χ2n) is 3.88. The maximum Gasteiger partial charge on any atom is 0.169 e. The first kappa shape index (κ1) is 14.2. The second kappa shape index (κ2) is 8.23. The van der Waals surface area contributed by atoms with Gasteiger partial charge in [0.1, 0.15) is 0 Å². The topological polar surface area (TPSA) is 30.5 Å². The Morgan fingerprint density at radius 3 is 2.18 bits per heavy atom. The molecule has 0 fully saturated rings. The van der Waals surface area contributed by atoms with Crippen molar-refractivity contribution in [2.24, 2.45) is 0 Å². The molecule has 3 heteroatoms. The average Bonchev–Trinajstić information content (AvgIpc) is 2.37. The zero-order valence-corrected chi connectivity index (χ0v) is 11.0. The summed E-state index contributed by atoms with van der Waals surface area (Å²) < 4.78 is 11.0. The normalized spacial score (nSPS) is 12.9. The van der Waals surface area contributed by atoms with Crippen LogP contribution in [0, 0.1) is 0 Å². The van der Waals surface area contributed by atoms with Gasteiger partial charge in [0.05, 0.1) is 0 Å². The molecule has 0 unspecified atom stereocenters. The van der Waals surface area contributed by atoms with Crippen LogP contribution >= 0.6 is 0 Å². The number of nitrogens with one attached hydrogen (secondary N) is 1. The first-order valence-electron chi connectivity index (χ1n) is 6.29. The molecule has 0 radical (unpaired) electrons. The van der Waals surface area contributed by atoms with Gasteiger partial charge in [-0.3, -0.25) is 0 Å². The van der Waals surface area contributed by atoms with E-state index in [4.69, 9.17) is 9.47 Å². The minimum absolute atomic E-state index is 0.156. The molecule has 1 rings (SSSR count). The van der Waals surface area contributed by atoms with Crippen molar-refractivity contribution in [1.82, 2.24) is 5.32 Å². The molecule has 3 nitrogen and oxygen atoms in total. The zero-order chi connectivity index (χ0) is 12.5. The van der Waals surface area contributed by atoms with E-state index in [1.165, 1.54) is 5.56 Å². The van der Waals surface area contributed by atoms with Crippen molar-refractivity contribution in [3.8, 4) is 0 Å². The SMILES string of the molecule is CCOC(CN[C@H](C)c1ccccc1)OCC. The fourth-order valence-corrected chi connectivity index (χ4v) is 1.67. The molecular weight excluding hydrogens is 214 g/mol. The third-order valence-corrected chi connectivity index (χ3v) is 2.60. The van der Waals surface area contributed by atoms with E-state index in [0.29, 0.717) is 25.8 Å². The van der Waals surface area contributed by atoms with Crippen LogP contribution in [0.15, 0.2) is 30.3 Å². The van der Waals surface area contributed by atoms with E-state index in [0.717, 1.165) is 0 Å². The van der Waals surface area contributed by atoms with Crippen LogP contribution in [0.1, 0.15) is 32.4 Å². The fraction of sp³-hybridized carbons (Fsp3) is 0.571. The molecule has 1 N–H and O–H groups in total. The number of hydrogen-bond donors (Lipinski definition) is 1. The van der Waals surface area contributed by atoms with Gasteiger partial charge in [-0.1, -0.05) is 30.3 Å². The van der Waals surface area contributed by atoms with Gasteiger partial charge in [-0.05, 0) is 26.3 Å². The van der Waals surface area contributed by atoms with Crippen molar-refractivity contribution in [2.75, 3.05) is 19.8 Å². The maximum absolute atomic E-state index is 5.48. The van der Waals surface area contributed by atoms with E-state index >= 15 is 0 Å². The molecule has 0 aliphatic heterocycles. The summed E-state index contributed by atoms with van der Waals surface area (Å²) in [6, 6.07) is 10.7. The zero-order valence-electron chi connectivity index (χ0n) is 11.0. The summed E-state index contributed by atoms with van der Waals surface area (Å²) in [6.07, 6.45) is -0.156. The smallest absolute Gasteiger partial charge is 0.169 e. The molecule has 0 bridgehead atoms. The molecule has 0 heterocycles. The molecular formula is C14H23NO2. The first-order valence-corrected chi connectivity index (χ1v) is 6.29. The van der Waals surface area contributed by atoms with E-state index in [1.807, 2.05) is 19.9 Å². The van der Waals surface area contributed by atoms with Crippen molar-refractivity contribution >= 4 is 0 Å². The Morgan fingerprint density at radius 1 is 1.06 bits per heavy atom. The van der Waals surface area contributed by atoms with Crippen molar-refractivity contribution < 1.29 is 9.47 Å². The summed E-state index contributed by atoms with van der Waals surface area (Å²) in [5, 5.41) is 3.42. The molecule has 17 heavy (non-hydrogen) atoms. The van der Waals surface area contributed by atoms with Gasteiger partial charge in [0.2, 0.25) is 0 Å². The van der Waals surface area contributed by atoms with Crippen LogP contribution in [0.5, 0.6) is 0 Å². The lowest BCUT2D eigenvalue weighted by atomic mass is 10.1. The monoisotopic (exact) mass is 237 g/mol. The van der Waals surface area contributed by atoms with E-state index in [-0.39, 0.29) is 6.29 Å². The van der Waals surface area contributed by atoms with Crippen molar-refractivity contribution in [2.45, 2.75) is 33.1 Å². The van der Waals surface area contributed by atoms with Gasteiger partial charge in [-0.15, -0.1) is 0 Å². The third kappa shape index (κ3) is 5.31. The molecule has 1 aromatic rings. The average molecular weight is 237 g/mol. The Kier molecular flexibility index (Phi) is 6.86. The van der Waals surface area contributed by atoms with Crippen LogP contribution in [0.2, 0.25) is 0 Å². The molecule has 1 atom stereocenters. The standard InChI is InChI=1S/C14H23NO2/c1-4-16-14(17-5-2)11-15-12(3)13-9-7-6-8-10-13/h6-10,12,14-15H,4-5,11H2,1-3H3/t12-/m1/s1. The van der Waals surface area contributed by atoms with Crippen LogP contribution in [-0.2, 0) is 9.47 Å². The van der Waals surface area contributed by atoms with E-state index in [2.05, 4.69) is 36.5 Å². The lowest BCUT2D eigenvalue weighted by molar-refractivity contribution is -0.133. The fourth-order valence-electron chi connectivity index (χ4n) is 1.67. The number of benzene rings is 1. The molecule has 0 saturated carbocycles. The largest absolute Gasteiger partial charge is 0.352 e. The van der Waals surface area contributed by atoms with Gasteiger partial charge in [-0.2, -0.15) is 0 Å². The van der Waals surface area contributed by atoms with Crippen molar-refractivity contribution in [3.63, 3.8) is 0 Å². The summed E-state index contributed by atoms with van der Waals surface area (Å²) in [4.78, 5) is 0. The highest BCUT2D eigenvalue weighted by molar-refractivity contribution is 5.17. The Bertz CT molecular complexity index is 284. The van der Waals surface area contributed by atoms with Gasteiger partial charge < -0.3 is 14.8 Å². The predicted molar refractivity (Wildman–Crippen MR) is 69.9 cm³/mol. The van der Waals surface area contributed by atoms with Gasteiger partial charge in [0.25, 0.3) is 0 Å². The Balaban J connectivity index is 2.38. The van der Waals surface area contributed by atoms with Gasteiger partial charge >= 0.3 is 0 Å². The van der Waals surface area contributed by atoms with Crippen molar-refractivity contribution in [1.29, 1.82) is 0 Å². The Hall–Kier alpha value is -0.900. The molecule has 0 aliphatic carbocycles. The molecule has 1 aromatic carbocycles. The van der Waals surface area contributed by atoms with Crippen LogP contribution in [0.4, 0.5) is 0 Å². The van der Waals surface area contributed by atoms with Crippen molar-refractivity contribution in [3.05, 3.63) is 35.9 Å². The van der Waals surface area contributed by atoms with Crippen LogP contribution in [0.25, 0.3) is 0 Å². The molecule has 0 saturated heterocycles. The van der Waals surface area contributed by atoms with E-state index in [9.17, 15) is 0 Å². The van der Waals surface area contributed by atoms with Gasteiger partial charge in [0, 0.05) is 25.8 Å². The van der Waals surface area contributed by atoms with Crippen LogP contribution in [0.3, 0.4) is 0 Å². The molecule has 0 aromatic heterocycles. The Morgan fingerprint density at radius 2 is 1.65 bits per heavy atom. The van der Waals surface area contributed by atoms with Crippen LogP contribution < -0.4 is 5.32 Å². The minimum Gasteiger partial charge on any atom is -0.352 e. The lowest BCUT2D eigenvalue weighted by Crippen LogP contribution is -2.33. The van der Waals surface area contributed by atoms with Gasteiger partial charge in [0.15, 0.2) is 6.29 Å². The van der Waals surface area contributed by atoms with E-state index < -0.39 is 0 Å². The van der Waals surface area contributed by atoms with Gasteiger partial charge in [-0.25, -0.2) is 0 Å². The summed E-state index contributed by atoms with van der Waals surface area (Å²) in [6.45, 7) is 8.15. The van der Waals surface area contributed by atoms with E-state index in [1.54, 1.807) is 0 Å². The highest BCUT2D eigenvalue weighted by Gasteiger charge is 2.10. The minimum atomic E-state index is -0.156. The third-order valence-electron chi connectivity index (χ3n) is 2.60. The quantitative estimate of drug-likeness (QED) is 0.705. The Labute approximate surface area is 104 Å². The highest BCUT2D eigenvalue weighted by Crippen LogP contribution is 2.11. The molecule has 96 valence electrons. The molecule has 0 amide bonds. The molecule has 0 spiro atoms. The molecule has 0 aliphatic rings. The summed E-state index contributed by atoms with van der Waals surface area (Å²) in [5.74, 6) is 0. The number of hydrogen-bond acceptors (Lipinski definition) is 3.